The van der Waals surface area contributed by atoms with Crippen molar-refractivity contribution >= 4 is 34.3 Å². The molecule has 2 aromatic heterocycles. The van der Waals surface area contributed by atoms with Crippen LogP contribution in [0, 0.1) is 0 Å². The van der Waals surface area contributed by atoms with Gasteiger partial charge >= 0.3 is 0 Å². The molecule has 0 fully saturated rings. The van der Waals surface area contributed by atoms with Gasteiger partial charge in [0.05, 0.1) is 7.11 Å². The first kappa shape index (κ1) is 18.9. The van der Waals surface area contributed by atoms with Crippen molar-refractivity contribution < 1.29 is 14.4 Å². The van der Waals surface area contributed by atoms with Gasteiger partial charge in [-0.15, -0.1) is 0 Å². The normalized spacial score (nSPS) is 12.0. The maximum Gasteiger partial charge on any atom is 0.268 e. The number of hydrogen-bond donors (Lipinski definition) is 2. The number of halogens is 1. The summed E-state index contributed by atoms with van der Waals surface area (Å²) in [5, 5.41) is 5.26. The summed E-state index contributed by atoms with van der Waals surface area (Å²) in [6.45, 7) is 0. The minimum atomic E-state index is -0.804. The number of amides is 2. The van der Waals surface area contributed by atoms with Crippen molar-refractivity contribution in [2.75, 3.05) is 14.2 Å². The third-order valence-electron chi connectivity index (χ3n) is 4.18. The highest BCUT2D eigenvalue weighted by Gasteiger charge is 2.26. The van der Waals surface area contributed by atoms with Crippen LogP contribution < -0.4 is 5.32 Å². The lowest BCUT2D eigenvalue weighted by Gasteiger charge is -2.22. The third-order valence-corrected chi connectivity index (χ3v) is 4.41. The summed E-state index contributed by atoms with van der Waals surface area (Å²) >= 11 is 5.99. The van der Waals surface area contributed by atoms with E-state index in [-0.39, 0.29) is 12.3 Å². The van der Waals surface area contributed by atoms with Crippen molar-refractivity contribution in [2.45, 2.75) is 12.5 Å². The lowest BCUT2D eigenvalue weighted by atomic mass is 10.1. The van der Waals surface area contributed by atoms with Crippen LogP contribution in [0.1, 0.15) is 16.1 Å². The Morgan fingerprint density at radius 2 is 2.15 bits per heavy atom. The summed E-state index contributed by atoms with van der Waals surface area (Å²) in [6, 6.07) is 9.82. The predicted octanol–water partition coefficient (Wildman–Crippen LogP) is 2.58. The smallest absolute Gasteiger partial charge is 0.268 e. The Labute approximate surface area is 161 Å². The van der Waals surface area contributed by atoms with Gasteiger partial charge in [-0.3, -0.25) is 19.4 Å². The van der Waals surface area contributed by atoms with Crippen LogP contribution in [0.3, 0.4) is 0 Å². The number of H-pyrrole nitrogens is 1. The number of nitrogens with one attached hydrogen (secondary N) is 2. The second kappa shape index (κ2) is 8.20. The Bertz CT molecular complexity index is 958. The summed E-state index contributed by atoms with van der Waals surface area (Å²) < 4.78 is 0. The van der Waals surface area contributed by atoms with Gasteiger partial charge in [0.2, 0.25) is 0 Å². The first-order valence-corrected chi connectivity index (χ1v) is 8.65. The first-order chi connectivity index (χ1) is 13.0. The Hall–Kier alpha value is -2.90. The number of aromatic nitrogens is 2. The first-order valence-electron chi connectivity index (χ1n) is 8.27. The van der Waals surface area contributed by atoms with Crippen LogP contribution in [0.15, 0.2) is 48.8 Å². The topological polar surface area (TPSA) is 87.3 Å². The van der Waals surface area contributed by atoms with E-state index in [1.54, 1.807) is 42.7 Å². The van der Waals surface area contributed by atoms with Gasteiger partial charge in [0, 0.05) is 41.8 Å². The molecular formula is C19H19ClN4O3. The molecule has 0 aliphatic heterocycles. The minimum absolute atomic E-state index is 0.290. The molecule has 1 aromatic carbocycles. The number of hydroxylamine groups is 2. The van der Waals surface area contributed by atoms with E-state index < -0.39 is 11.9 Å². The van der Waals surface area contributed by atoms with Gasteiger partial charge in [-0.2, -0.15) is 0 Å². The molecule has 2 amide bonds. The molecule has 0 aliphatic carbocycles. The molecule has 0 saturated heterocycles. The van der Waals surface area contributed by atoms with E-state index in [0.717, 1.165) is 21.5 Å². The van der Waals surface area contributed by atoms with E-state index in [1.165, 1.54) is 14.2 Å². The predicted molar refractivity (Wildman–Crippen MR) is 102 cm³/mol. The number of hydrogen-bond acceptors (Lipinski definition) is 4. The average molecular weight is 387 g/mol. The van der Waals surface area contributed by atoms with Gasteiger partial charge in [0.25, 0.3) is 11.8 Å². The molecule has 2 N–H and O–H groups in total. The highest BCUT2D eigenvalue weighted by Crippen LogP contribution is 2.20. The molecule has 8 heteroatoms. The second-order valence-corrected chi connectivity index (χ2v) is 6.46. The molecule has 7 nitrogen and oxygen atoms in total. The maximum absolute atomic E-state index is 12.7. The molecular weight excluding hydrogens is 368 g/mol. The molecule has 0 aliphatic rings. The van der Waals surface area contributed by atoms with Gasteiger partial charge in [-0.05, 0) is 35.9 Å². The SMILES string of the molecule is CON(C)C(=O)[C@H](Cc1cccnc1)NC(=O)c1cc2cc(Cl)ccc2[nH]1. The molecule has 0 radical (unpaired) electrons. The lowest BCUT2D eigenvalue weighted by Crippen LogP contribution is -2.48. The standard InChI is InChI=1S/C19H19ClN4O3/c1-24(27-2)19(26)17(8-12-4-3-7-21-11-12)23-18(25)16-10-13-9-14(20)5-6-15(13)22-16/h3-7,9-11,17,22H,8H2,1-2H3,(H,23,25)/t17-/m0/s1. The Balaban J connectivity index is 1.82. The Morgan fingerprint density at radius 3 is 2.85 bits per heavy atom. The lowest BCUT2D eigenvalue weighted by molar-refractivity contribution is -0.170. The summed E-state index contributed by atoms with van der Waals surface area (Å²) in [7, 11) is 2.89. The number of nitrogens with zero attached hydrogens (tertiary/aromatic N) is 2. The van der Waals surface area contributed by atoms with Gasteiger partial charge < -0.3 is 10.3 Å². The fourth-order valence-corrected chi connectivity index (χ4v) is 2.91. The highest BCUT2D eigenvalue weighted by molar-refractivity contribution is 6.31. The van der Waals surface area contributed by atoms with Crippen molar-refractivity contribution in [3.05, 3.63) is 65.1 Å². The molecule has 0 unspecified atom stereocenters. The summed E-state index contributed by atoms with van der Waals surface area (Å²) in [5.41, 5.74) is 1.95. The van der Waals surface area contributed by atoms with Gasteiger partial charge in [0.1, 0.15) is 11.7 Å². The minimum Gasteiger partial charge on any atom is -0.351 e. The van der Waals surface area contributed by atoms with Crippen LogP contribution in [0.4, 0.5) is 0 Å². The number of pyridine rings is 1. The third kappa shape index (κ3) is 4.45. The number of likely N-dealkylation sites (N-methyl/N-ethyl adjacent to an activating group) is 1. The largest absolute Gasteiger partial charge is 0.351 e. The summed E-state index contributed by atoms with van der Waals surface area (Å²) in [4.78, 5) is 37.4. The number of rotatable bonds is 6. The molecule has 0 saturated carbocycles. The van der Waals surface area contributed by atoms with E-state index in [0.29, 0.717) is 10.7 Å². The molecule has 0 spiro atoms. The number of carbonyl (C=O) groups is 2. The van der Waals surface area contributed by atoms with E-state index in [1.807, 2.05) is 6.07 Å². The number of aromatic amines is 1. The van der Waals surface area contributed by atoms with Crippen LogP contribution in [0.2, 0.25) is 5.02 Å². The quantitative estimate of drug-likeness (QED) is 0.637. The monoisotopic (exact) mass is 386 g/mol. The number of carbonyl (C=O) groups excluding carboxylic acids is 2. The van der Waals surface area contributed by atoms with E-state index in [4.69, 9.17) is 16.4 Å². The number of fused-ring (bicyclic) bond motifs is 1. The van der Waals surface area contributed by atoms with E-state index in [9.17, 15) is 9.59 Å². The highest BCUT2D eigenvalue weighted by atomic mass is 35.5. The molecule has 27 heavy (non-hydrogen) atoms. The van der Waals surface area contributed by atoms with Crippen LogP contribution in [-0.4, -0.2) is 47.0 Å². The molecule has 140 valence electrons. The van der Waals surface area contributed by atoms with Crippen LogP contribution in [0.5, 0.6) is 0 Å². The van der Waals surface area contributed by atoms with Crippen LogP contribution in [0.25, 0.3) is 10.9 Å². The van der Waals surface area contributed by atoms with Crippen molar-refractivity contribution in [2.24, 2.45) is 0 Å². The van der Waals surface area contributed by atoms with Gasteiger partial charge in [-0.25, -0.2) is 5.06 Å². The summed E-state index contributed by atoms with van der Waals surface area (Å²) in [5.74, 6) is -0.761. The fourth-order valence-electron chi connectivity index (χ4n) is 2.73. The Kier molecular flexibility index (Phi) is 5.73. The fraction of sp³-hybridized carbons (Fsp3) is 0.211. The zero-order valence-corrected chi connectivity index (χ0v) is 15.7. The molecule has 1 atom stereocenters. The maximum atomic E-state index is 12.7. The van der Waals surface area contributed by atoms with E-state index >= 15 is 0 Å². The van der Waals surface area contributed by atoms with Crippen LogP contribution in [-0.2, 0) is 16.1 Å². The zero-order chi connectivity index (χ0) is 19.4. The van der Waals surface area contributed by atoms with Gasteiger partial charge in [0.15, 0.2) is 0 Å². The number of benzene rings is 1. The molecule has 0 bridgehead atoms. The van der Waals surface area contributed by atoms with Crippen molar-refractivity contribution in [3.63, 3.8) is 0 Å². The van der Waals surface area contributed by atoms with Crippen molar-refractivity contribution in [1.82, 2.24) is 20.3 Å². The van der Waals surface area contributed by atoms with E-state index in [2.05, 4.69) is 15.3 Å². The molecule has 3 rings (SSSR count). The Morgan fingerprint density at radius 1 is 1.33 bits per heavy atom. The second-order valence-electron chi connectivity index (χ2n) is 6.02. The van der Waals surface area contributed by atoms with Crippen LogP contribution >= 0.6 is 11.6 Å². The average Bonchev–Trinajstić information content (AvgIpc) is 3.10. The molecule has 3 aromatic rings. The zero-order valence-electron chi connectivity index (χ0n) is 14.9. The van der Waals surface area contributed by atoms with Gasteiger partial charge in [-0.1, -0.05) is 17.7 Å². The molecule has 2 heterocycles. The van der Waals surface area contributed by atoms with Crippen molar-refractivity contribution in [3.8, 4) is 0 Å². The van der Waals surface area contributed by atoms with Crippen molar-refractivity contribution in [1.29, 1.82) is 0 Å². The summed E-state index contributed by atoms with van der Waals surface area (Å²) in [6.07, 6.45) is 3.60.